The highest BCUT2D eigenvalue weighted by Gasteiger charge is 2.15. The van der Waals surface area contributed by atoms with Crippen molar-refractivity contribution >= 4 is 17.4 Å². The number of hydrogen-bond acceptors (Lipinski definition) is 1. The second kappa shape index (κ2) is 4.31. The zero-order valence-corrected chi connectivity index (χ0v) is 9.53. The van der Waals surface area contributed by atoms with Gasteiger partial charge in [0.2, 0.25) is 0 Å². The Bertz CT molecular complexity index is 512. The van der Waals surface area contributed by atoms with Gasteiger partial charge in [-0.3, -0.25) is 4.79 Å². The molecule has 80 valence electrons. The number of fused-ring (bicyclic) bond motifs is 1. The van der Waals surface area contributed by atoms with Crippen LogP contribution < -0.4 is 0 Å². The van der Waals surface area contributed by atoms with Gasteiger partial charge in [0, 0.05) is 5.57 Å². The lowest BCUT2D eigenvalue weighted by molar-refractivity contribution is -0.109. The van der Waals surface area contributed by atoms with E-state index in [-0.39, 0.29) is 5.78 Å². The van der Waals surface area contributed by atoms with Crippen molar-refractivity contribution in [2.24, 2.45) is 0 Å². The molecule has 0 unspecified atom stereocenters. The van der Waals surface area contributed by atoms with Gasteiger partial charge in [0.1, 0.15) is 0 Å². The topological polar surface area (TPSA) is 17.1 Å². The molecule has 0 radical (unpaired) electrons. The van der Waals surface area contributed by atoms with Gasteiger partial charge in [-0.1, -0.05) is 48.1 Å². The van der Waals surface area contributed by atoms with Crippen molar-refractivity contribution in [2.75, 3.05) is 0 Å². The molecule has 0 N–H and O–H groups in total. The summed E-state index contributed by atoms with van der Waals surface area (Å²) in [7, 11) is 0. The lowest BCUT2D eigenvalue weighted by Gasteiger charge is -2.12. The van der Waals surface area contributed by atoms with Crippen LogP contribution in [0.3, 0.4) is 0 Å². The van der Waals surface area contributed by atoms with Crippen LogP contribution in [0.2, 0.25) is 0 Å². The minimum atomic E-state index is 0.0798. The predicted molar refractivity (Wildman–Crippen MR) is 67.9 cm³/mol. The number of ketones is 1. The van der Waals surface area contributed by atoms with Crippen LogP contribution in [-0.2, 0) is 4.79 Å². The summed E-state index contributed by atoms with van der Waals surface area (Å²) in [5.74, 6) is 0.0798. The van der Waals surface area contributed by atoms with Crippen molar-refractivity contribution in [3.63, 3.8) is 0 Å². The molecule has 0 amide bonds. The molecule has 2 rings (SSSR count). The van der Waals surface area contributed by atoms with Crippen LogP contribution in [0.4, 0.5) is 0 Å². The maximum atomic E-state index is 11.8. The van der Waals surface area contributed by atoms with Gasteiger partial charge in [0.15, 0.2) is 5.78 Å². The maximum Gasteiger partial charge on any atom is 0.186 e. The Balaban J connectivity index is 2.54. The van der Waals surface area contributed by atoms with E-state index in [9.17, 15) is 4.79 Å². The standard InChI is InChI=1S/C15H14O/c1-11(2)7-9-14-13-6-4-3-5-12(13)8-10-15(14)16/h3-10H,1-2H3/b14-9-. The average molecular weight is 210 g/mol. The number of benzene rings is 1. The van der Waals surface area contributed by atoms with Gasteiger partial charge in [-0.25, -0.2) is 0 Å². The fourth-order valence-corrected chi connectivity index (χ4v) is 1.70. The summed E-state index contributed by atoms with van der Waals surface area (Å²) in [5.41, 5.74) is 4.09. The highest BCUT2D eigenvalue weighted by Crippen LogP contribution is 2.26. The highest BCUT2D eigenvalue weighted by atomic mass is 16.1. The van der Waals surface area contributed by atoms with E-state index in [4.69, 9.17) is 0 Å². The Hall–Kier alpha value is -1.89. The fourth-order valence-electron chi connectivity index (χ4n) is 1.70. The summed E-state index contributed by atoms with van der Waals surface area (Å²) in [5, 5.41) is 0. The number of hydrogen-bond donors (Lipinski definition) is 0. The molecule has 0 saturated carbocycles. The van der Waals surface area contributed by atoms with Gasteiger partial charge < -0.3 is 0 Å². The first kappa shape index (κ1) is 10.6. The smallest absolute Gasteiger partial charge is 0.186 e. The molecule has 0 heterocycles. The van der Waals surface area contributed by atoms with Gasteiger partial charge in [0.05, 0.1) is 0 Å². The molecule has 0 atom stereocenters. The lowest BCUT2D eigenvalue weighted by atomic mass is 9.91. The lowest BCUT2D eigenvalue weighted by Crippen LogP contribution is -2.04. The normalized spacial score (nSPS) is 16.1. The van der Waals surface area contributed by atoms with E-state index in [1.807, 2.05) is 56.3 Å². The summed E-state index contributed by atoms with van der Waals surface area (Å²) in [6.45, 7) is 4.04. The van der Waals surface area contributed by atoms with Crippen molar-refractivity contribution in [3.8, 4) is 0 Å². The molecule has 1 heteroatoms. The Morgan fingerprint density at radius 3 is 2.62 bits per heavy atom. The van der Waals surface area contributed by atoms with Crippen LogP contribution in [0, 0.1) is 0 Å². The summed E-state index contributed by atoms with van der Waals surface area (Å²) >= 11 is 0. The monoisotopic (exact) mass is 210 g/mol. The van der Waals surface area contributed by atoms with E-state index < -0.39 is 0 Å². The second-order valence-corrected chi connectivity index (χ2v) is 4.11. The van der Waals surface area contributed by atoms with Gasteiger partial charge in [-0.05, 0) is 31.1 Å². The number of carbonyl (C=O) groups excluding carboxylic acids is 1. The minimum absolute atomic E-state index is 0.0798. The molecule has 1 aromatic carbocycles. The van der Waals surface area contributed by atoms with Crippen LogP contribution >= 0.6 is 0 Å². The summed E-state index contributed by atoms with van der Waals surface area (Å²) in [4.78, 5) is 11.8. The van der Waals surface area contributed by atoms with Gasteiger partial charge in [0.25, 0.3) is 0 Å². The molecule has 1 nitrogen and oxygen atoms in total. The van der Waals surface area contributed by atoms with Crippen LogP contribution in [0.5, 0.6) is 0 Å². The summed E-state index contributed by atoms with van der Waals surface area (Å²) in [6, 6.07) is 7.95. The Kier molecular flexibility index (Phi) is 2.86. The number of carbonyl (C=O) groups is 1. The molecule has 0 spiro atoms. The van der Waals surface area contributed by atoms with Crippen LogP contribution in [-0.4, -0.2) is 5.78 Å². The molecule has 1 aliphatic rings. The fraction of sp³-hybridized carbons (Fsp3) is 0.133. The number of allylic oxidation sites excluding steroid dienone is 5. The largest absolute Gasteiger partial charge is 0.289 e. The van der Waals surface area contributed by atoms with E-state index in [0.29, 0.717) is 0 Å². The van der Waals surface area contributed by atoms with Gasteiger partial charge in [-0.2, -0.15) is 0 Å². The summed E-state index contributed by atoms with van der Waals surface area (Å²) < 4.78 is 0. The van der Waals surface area contributed by atoms with Gasteiger partial charge in [-0.15, -0.1) is 0 Å². The predicted octanol–water partition coefficient (Wildman–Crippen LogP) is 3.63. The van der Waals surface area contributed by atoms with Crippen LogP contribution in [0.1, 0.15) is 25.0 Å². The Morgan fingerprint density at radius 2 is 1.88 bits per heavy atom. The van der Waals surface area contributed by atoms with Gasteiger partial charge >= 0.3 is 0 Å². The molecule has 0 aromatic heterocycles. The molecular formula is C15H14O. The van der Waals surface area contributed by atoms with Crippen LogP contribution in [0.25, 0.3) is 11.6 Å². The van der Waals surface area contributed by atoms with Crippen LogP contribution in [0.15, 0.2) is 48.1 Å². The third kappa shape index (κ3) is 2.03. The summed E-state index contributed by atoms with van der Waals surface area (Å²) in [6.07, 6.45) is 7.38. The molecule has 0 bridgehead atoms. The molecular weight excluding hydrogens is 196 g/mol. The molecule has 1 aliphatic carbocycles. The highest BCUT2D eigenvalue weighted by molar-refractivity contribution is 6.30. The first-order valence-corrected chi connectivity index (χ1v) is 5.35. The third-order valence-electron chi connectivity index (χ3n) is 2.51. The molecule has 16 heavy (non-hydrogen) atoms. The van der Waals surface area contributed by atoms with Crippen molar-refractivity contribution < 1.29 is 4.79 Å². The van der Waals surface area contributed by atoms with E-state index in [0.717, 1.165) is 16.7 Å². The molecule has 0 fully saturated rings. The molecule has 0 aliphatic heterocycles. The van der Waals surface area contributed by atoms with Crippen molar-refractivity contribution in [3.05, 3.63) is 59.2 Å². The van der Waals surface area contributed by atoms with E-state index in [1.165, 1.54) is 5.57 Å². The first-order valence-electron chi connectivity index (χ1n) is 5.35. The molecule has 0 saturated heterocycles. The van der Waals surface area contributed by atoms with Crippen molar-refractivity contribution in [1.29, 1.82) is 0 Å². The van der Waals surface area contributed by atoms with Crippen molar-refractivity contribution in [1.82, 2.24) is 0 Å². The zero-order valence-electron chi connectivity index (χ0n) is 9.53. The van der Waals surface area contributed by atoms with E-state index >= 15 is 0 Å². The average Bonchev–Trinajstić information content (AvgIpc) is 2.27. The van der Waals surface area contributed by atoms with E-state index in [1.54, 1.807) is 6.08 Å². The molecule has 1 aromatic rings. The second-order valence-electron chi connectivity index (χ2n) is 4.11. The Labute approximate surface area is 95.8 Å². The Morgan fingerprint density at radius 1 is 1.12 bits per heavy atom. The minimum Gasteiger partial charge on any atom is -0.289 e. The first-order chi connectivity index (χ1) is 7.68. The third-order valence-corrected chi connectivity index (χ3v) is 2.51. The number of rotatable bonds is 1. The quantitative estimate of drug-likeness (QED) is 0.647. The van der Waals surface area contributed by atoms with Crippen molar-refractivity contribution in [2.45, 2.75) is 13.8 Å². The zero-order chi connectivity index (χ0) is 11.5. The SMILES string of the molecule is CC(C)=C/C=C1\C(=O)C=Cc2ccccc21. The maximum absolute atomic E-state index is 11.8. The van der Waals surface area contributed by atoms with E-state index in [2.05, 4.69) is 0 Å².